The van der Waals surface area contributed by atoms with E-state index < -0.39 is 12.2 Å². The topological polar surface area (TPSA) is 67.5 Å². The first-order valence-corrected chi connectivity index (χ1v) is 6.14. The maximum Gasteiger partial charge on any atom is 0.162 e. The van der Waals surface area contributed by atoms with E-state index in [-0.39, 0.29) is 5.92 Å². The van der Waals surface area contributed by atoms with Crippen LogP contribution in [-0.2, 0) is 6.54 Å². The van der Waals surface area contributed by atoms with Gasteiger partial charge in [0.2, 0.25) is 0 Å². The minimum Gasteiger partial charge on any atom is -0.493 e. The molecule has 17 heavy (non-hydrogen) atoms. The summed E-state index contributed by atoms with van der Waals surface area (Å²) in [6.45, 7) is 2.76. The molecule has 1 heterocycles. The highest BCUT2D eigenvalue weighted by atomic mass is 16.5. The Hall–Kier alpha value is -1.07. The molecule has 5 heteroatoms. The summed E-state index contributed by atoms with van der Waals surface area (Å²) >= 11 is 0. The van der Waals surface area contributed by atoms with E-state index in [1.807, 2.05) is 6.92 Å². The fraction of sp³-hybridized carbons (Fsp3) is 0.750. The van der Waals surface area contributed by atoms with E-state index in [9.17, 15) is 10.2 Å². The van der Waals surface area contributed by atoms with Crippen LogP contribution in [0.15, 0.2) is 6.20 Å². The number of hydrogen-bond donors (Lipinski definition) is 2. The van der Waals surface area contributed by atoms with Crippen LogP contribution in [0.2, 0.25) is 0 Å². The number of methoxy groups -OCH3 is 1. The van der Waals surface area contributed by atoms with Gasteiger partial charge in [0.25, 0.3) is 0 Å². The van der Waals surface area contributed by atoms with E-state index in [0.29, 0.717) is 18.0 Å². The fourth-order valence-corrected chi connectivity index (χ4v) is 2.08. The monoisotopic (exact) mass is 240 g/mol. The minimum absolute atomic E-state index is 0.222. The van der Waals surface area contributed by atoms with E-state index in [4.69, 9.17) is 4.74 Å². The van der Waals surface area contributed by atoms with Gasteiger partial charge >= 0.3 is 0 Å². The van der Waals surface area contributed by atoms with Crippen molar-refractivity contribution >= 4 is 0 Å². The molecule has 96 valence electrons. The summed E-state index contributed by atoms with van der Waals surface area (Å²) in [4.78, 5) is 0. The van der Waals surface area contributed by atoms with Gasteiger partial charge in [0.1, 0.15) is 11.8 Å². The Morgan fingerprint density at radius 2 is 2.24 bits per heavy atom. The first-order chi connectivity index (χ1) is 8.19. The van der Waals surface area contributed by atoms with Gasteiger partial charge in [-0.15, -0.1) is 0 Å². The molecule has 0 aliphatic heterocycles. The van der Waals surface area contributed by atoms with Gasteiger partial charge in [-0.2, -0.15) is 5.10 Å². The van der Waals surface area contributed by atoms with Crippen molar-refractivity contribution in [3.05, 3.63) is 11.9 Å². The van der Waals surface area contributed by atoms with Crippen molar-refractivity contribution in [2.75, 3.05) is 7.11 Å². The van der Waals surface area contributed by atoms with Crippen LogP contribution in [0.5, 0.6) is 5.75 Å². The third kappa shape index (κ3) is 2.45. The van der Waals surface area contributed by atoms with Gasteiger partial charge in [-0.05, 0) is 25.2 Å². The zero-order chi connectivity index (χ0) is 12.4. The Bertz CT molecular complexity index is 374. The molecule has 1 fully saturated rings. The second kappa shape index (κ2) is 5.06. The molecule has 2 rings (SSSR count). The average molecular weight is 240 g/mol. The predicted octanol–water partition coefficient (Wildman–Crippen LogP) is 1.11. The lowest BCUT2D eigenvalue weighted by Crippen LogP contribution is -2.23. The average Bonchev–Trinajstić information content (AvgIpc) is 3.10. The third-order valence-electron chi connectivity index (χ3n) is 3.21. The molecular weight excluding hydrogens is 220 g/mol. The van der Waals surface area contributed by atoms with Crippen LogP contribution in [0.3, 0.4) is 0 Å². The number of rotatable bonds is 6. The Morgan fingerprint density at radius 1 is 1.53 bits per heavy atom. The third-order valence-corrected chi connectivity index (χ3v) is 3.21. The minimum atomic E-state index is -0.911. The van der Waals surface area contributed by atoms with E-state index in [0.717, 1.165) is 19.3 Å². The Morgan fingerprint density at radius 3 is 2.76 bits per heavy atom. The zero-order valence-electron chi connectivity index (χ0n) is 10.3. The van der Waals surface area contributed by atoms with Crippen molar-refractivity contribution in [2.24, 2.45) is 5.92 Å². The van der Waals surface area contributed by atoms with E-state index in [1.54, 1.807) is 18.0 Å². The number of aromatic nitrogens is 2. The molecule has 5 nitrogen and oxygen atoms in total. The summed E-state index contributed by atoms with van der Waals surface area (Å²) in [5, 5.41) is 24.4. The fourth-order valence-electron chi connectivity index (χ4n) is 2.08. The molecule has 0 saturated heterocycles. The highest BCUT2D eigenvalue weighted by Crippen LogP contribution is 2.39. The first kappa shape index (κ1) is 12.4. The van der Waals surface area contributed by atoms with Crippen LogP contribution < -0.4 is 4.74 Å². The number of hydrogen-bond acceptors (Lipinski definition) is 4. The molecule has 1 aromatic heterocycles. The molecule has 0 bridgehead atoms. The molecule has 2 N–H and O–H groups in total. The summed E-state index contributed by atoms with van der Waals surface area (Å²) in [5.41, 5.74) is 0.591. The predicted molar refractivity (Wildman–Crippen MR) is 62.8 cm³/mol. The number of aryl methyl sites for hydroxylation is 1. The highest BCUT2D eigenvalue weighted by molar-refractivity contribution is 5.28. The summed E-state index contributed by atoms with van der Waals surface area (Å²) in [6.07, 6.45) is 2.87. The van der Waals surface area contributed by atoms with Gasteiger partial charge in [0.05, 0.1) is 19.4 Å². The van der Waals surface area contributed by atoms with Gasteiger partial charge in [-0.25, -0.2) is 0 Å². The number of aliphatic hydroxyl groups excluding tert-OH is 2. The lowest BCUT2D eigenvalue weighted by Gasteiger charge is -2.19. The van der Waals surface area contributed by atoms with Crippen LogP contribution in [0.4, 0.5) is 0 Å². The number of ether oxygens (including phenoxy) is 1. The smallest absolute Gasteiger partial charge is 0.162 e. The molecule has 2 unspecified atom stereocenters. The van der Waals surface area contributed by atoms with Crippen LogP contribution in [0.25, 0.3) is 0 Å². The second-order valence-corrected chi connectivity index (χ2v) is 4.59. The standard InChI is InChI=1S/C12H20N2O3/c1-3-6-14-10(9(17-2)7-13-14)12(16)11(15)8-4-5-8/h7-8,11-12,15-16H,3-6H2,1-2H3. The van der Waals surface area contributed by atoms with Gasteiger partial charge in [0.15, 0.2) is 5.75 Å². The van der Waals surface area contributed by atoms with Gasteiger partial charge in [-0.1, -0.05) is 6.92 Å². The molecule has 0 amide bonds. The van der Waals surface area contributed by atoms with Crippen molar-refractivity contribution in [1.82, 2.24) is 9.78 Å². The van der Waals surface area contributed by atoms with Crippen molar-refractivity contribution in [3.8, 4) is 5.75 Å². The molecular formula is C12H20N2O3. The molecule has 2 atom stereocenters. The van der Waals surface area contributed by atoms with Crippen molar-refractivity contribution in [3.63, 3.8) is 0 Å². The lowest BCUT2D eigenvalue weighted by molar-refractivity contribution is -0.00149. The van der Waals surface area contributed by atoms with Crippen molar-refractivity contribution in [2.45, 2.75) is 44.9 Å². The van der Waals surface area contributed by atoms with Gasteiger partial charge < -0.3 is 14.9 Å². The summed E-state index contributed by atoms with van der Waals surface area (Å²) < 4.78 is 6.91. The van der Waals surface area contributed by atoms with E-state index >= 15 is 0 Å². The quantitative estimate of drug-likeness (QED) is 0.781. The molecule has 0 spiro atoms. The van der Waals surface area contributed by atoms with Gasteiger partial charge in [-0.3, -0.25) is 4.68 Å². The van der Waals surface area contributed by atoms with Crippen LogP contribution >= 0.6 is 0 Å². The summed E-state index contributed by atoms with van der Waals surface area (Å²) in [5.74, 6) is 0.769. The Balaban J connectivity index is 2.23. The number of aliphatic hydroxyl groups is 2. The van der Waals surface area contributed by atoms with Crippen LogP contribution in [0, 0.1) is 5.92 Å². The normalized spacial score (nSPS) is 19.1. The summed E-state index contributed by atoms with van der Waals surface area (Å²) in [6, 6.07) is 0. The molecule has 1 aromatic rings. The lowest BCUT2D eigenvalue weighted by atomic mass is 10.1. The summed E-state index contributed by atoms with van der Waals surface area (Å²) in [7, 11) is 1.55. The van der Waals surface area contributed by atoms with Gasteiger partial charge in [0, 0.05) is 6.54 Å². The van der Waals surface area contributed by atoms with Crippen molar-refractivity contribution < 1.29 is 14.9 Å². The molecule has 1 aliphatic carbocycles. The SMILES string of the molecule is CCCn1ncc(OC)c1C(O)C(O)C1CC1. The highest BCUT2D eigenvalue weighted by Gasteiger charge is 2.37. The molecule has 0 radical (unpaired) electrons. The van der Waals surface area contributed by atoms with E-state index in [1.165, 1.54) is 0 Å². The second-order valence-electron chi connectivity index (χ2n) is 4.59. The molecule has 1 saturated carbocycles. The van der Waals surface area contributed by atoms with Crippen LogP contribution in [0.1, 0.15) is 38.0 Å². The zero-order valence-corrected chi connectivity index (χ0v) is 10.3. The number of nitrogens with zero attached hydrogens (tertiary/aromatic N) is 2. The molecule has 1 aliphatic rings. The Kier molecular flexibility index (Phi) is 3.69. The largest absolute Gasteiger partial charge is 0.493 e. The first-order valence-electron chi connectivity index (χ1n) is 6.14. The maximum atomic E-state index is 10.2. The van der Waals surface area contributed by atoms with Crippen LogP contribution in [-0.4, -0.2) is 33.2 Å². The van der Waals surface area contributed by atoms with Crippen molar-refractivity contribution in [1.29, 1.82) is 0 Å². The van der Waals surface area contributed by atoms with E-state index in [2.05, 4.69) is 5.10 Å². The maximum absolute atomic E-state index is 10.2. The Labute approximate surface area is 101 Å². The molecule has 0 aromatic carbocycles.